The Balaban J connectivity index is 1.76. The van der Waals surface area contributed by atoms with E-state index in [4.69, 9.17) is 4.74 Å². The van der Waals surface area contributed by atoms with Crippen molar-refractivity contribution in [2.45, 2.75) is 19.9 Å². The zero-order chi connectivity index (χ0) is 22.1. The molecule has 2 aliphatic heterocycles. The number of amides is 1. The van der Waals surface area contributed by atoms with Crippen LogP contribution < -0.4 is 0 Å². The fourth-order valence-corrected chi connectivity index (χ4v) is 4.33. The SMILES string of the molecule is Cc1nn(C)c(C)c1/C(O)=C1\C(=O)C(=O)N(CCN2CCOCC2)[C@H]1c1ccncc1. The van der Waals surface area contributed by atoms with E-state index < -0.39 is 17.7 Å². The first-order valence-corrected chi connectivity index (χ1v) is 10.4. The number of hydrogen-bond acceptors (Lipinski definition) is 7. The molecule has 2 aromatic rings. The van der Waals surface area contributed by atoms with Crippen molar-refractivity contribution in [2.75, 3.05) is 39.4 Å². The van der Waals surface area contributed by atoms with Crippen LogP contribution in [0.1, 0.15) is 28.6 Å². The van der Waals surface area contributed by atoms with Gasteiger partial charge in [0.2, 0.25) is 0 Å². The Kier molecular flexibility index (Phi) is 5.88. The van der Waals surface area contributed by atoms with E-state index in [0.717, 1.165) is 24.3 Å². The Labute approximate surface area is 180 Å². The van der Waals surface area contributed by atoms with Gasteiger partial charge in [-0.2, -0.15) is 5.10 Å². The van der Waals surface area contributed by atoms with E-state index in [0.29, 0.717) is 37.6 Å². The quantitative estimate of drug-likeness (QED) is 0.436. The normalized spacial score (nSPS) is 21.8. The summed E-state index contributed by atoms with van der Waals surface area (Å²) in [6.07, 6.45) is 3.25. The number of pyridine rings is 1. The number of aliphatic hydroxyl groups excluding tert-OH is 1. The molecule has 2 saturated heterocycles. The second-order valence-corrected chi connectivity index (χ2v) is 7.90. The molecule has 2 fully saturated rings. The highest BCUT2D eigenvalue weighted by Gasteiger charge is 2.46. The van der Waals surface area contributed by atoms with Gasteiger partial charge < -0.3 is 14.7 Å². The molecule has 31 heavy (non-hydrogen) atoms. The Morgan fingerprint density at radius 1 is 1.16 bits per heavy atom. The molecule has 1 amide bonds. The number of aliphatic hydroxyl groups is 1. The number of Topliss-reactive ketones (excluding diaryl/α,β-unsaturated/α-hetero) is 1. The molecule has 9 heteroatoms. The van der Waals surface area contributed by atoms with E-state index in [1.165, 1.54) is 0 Å². The van der Waals surface area contributed by atoms with E-state index >= 15 is 0 Å². The predicted octanol–water partition coefficient (Wildman–Crippen LogP) is 1.19. The lowest BCUT2D eigenvalue weighted by Crippen LogP contribution is -2.42. The molecule has 1 atom stereocenters. The lowest BCUT2D eigenvalue weighted by Gasteiger charge is -2.31. The molecule has 164 valence electrons. The first kappa shape index (κ1) is 21.2. The lowest BCUT2D eigenvalue weighted by molar-refractivity contribution is -0.140. The van der Waals surface area contributed by atoms with Crippen LogP contribution in [-0.4, -0.2) is 80.8 Å². The summed E-state index contributed by atoms with van der Waals surface area (Å²) >= 11 is 0. The molecule has 0 aromatic carbocycles. The van der Waals surface area contributed by atoms with Crippen LogP contribution in [0.4, 0.5) is 0 Å². The molecule has 1 N–H and O–H groups in total. The lowest BCUT2D eigenvalue weighted by atomic mass is 9.95. The molecule has 0 spiro atoms. The number of aryl methyl sites for hydroxylation is 2. The molecule has 9 nitrogen and oxygen atoms in total. The maximum atomic E-state index is 13.1. The van der Waals surface area contributed by atoms with Crippen molar-refractivity contribution in [3.05, 3.63) is 52.6 Å². The van der Waals surface area contributed by atoms with Crippen molar-refractivity contribution >= 4 is 17.4 Å². The molecule has 0 saturated carbocycles. The van der Waals surface area contributed by atoms with Crippen molar-refractivity contribution in [3.8, 4) is 0 Å². The van der Waals surface area contributed by atoms with Crippen LogP contribution in [0.25, 0.3) is 5.76 Å². The Morgan fingerprint density at radius 2 is 1.84 bits per heavy atom. The summed E-state index contributed by atoms with van der Waals surface area (Å²) in [5.41, 5.74) is 2.65. The maximum Gasteiger partial charge on any atom is 0.295 e. The van der Waals surface area contributed by atoms with E-state index in [-0.39, 0.29) is 11.3 Å². The second kappa shape index (κ2) is 8.60. The molecule has 0 unspecified atom stereocenters. The Bertz CT molecular complexity index is 1020. The molecule has 0 bridgehead atoms. The Hall–Kier alpha value is -3.04. The standard InChI is InChI=1S/C22H27N5O4/c1-14-17(15(2)25(3)24-14)20(28)18-19(16-4-6-23-7-5-16)27(22(30)21(18)29)9-8-26-10-12-31-13-11-26/h4-7,19,28H,8-13H2,1-3H3/b20-18+/t19-/m0/s1. The highest BCUT2D eigenvalue weighted by Crippen LogP contribution is 2.40. The van der Waals surface area contributed by atoms with Gasteiger partial charge in [-0.05, 0) is 31.5 Å². The monoisotopic (exact) mass is 425 g/mol. The average Bonchev–Trinajstić information content (AvgIpc) is 3.18. The molecule has 2 aromatic heterocycles. The van der Waals surface area contributed by atoms with Crippen molar-refractivity contribution in [1.82, 2.24) is 24.6 Å². The van der Waals surface area contributed by atoms with Crippen molar-refractivity contribution in [3.63, 3.8) is 0 Å². The van der Waals surface area contributed by atoms with Crippen LogP contribution in [0.2, 0.25) is 0 Å². The van der Waals surface area contributed by atoms with Gasteiger partial charge in [-0.1, -0.05) is 0 Å². The molecular weight excluding hydrogens is 398 g/mol. The minimum absolute atomic E-state index is 0.0948. The van der Waals surface area contributed by atoms with E-state index in [2.05, 4.69) is 15.0 Å². The topological polar surface area (TPSA) is 101 Å². The summed E-state index contributed by atoms with van der Waals surface area (Å²) in [5.74, 6) is -1.46. The van der Waals surface area contributed by atoms with Gasteiger partial charge in [0, 0.05) is 51.3 Å². The minimum atomic E-state index is -0.678. The third kappa shape index (κ3) is 3.86. The molecule has 4 rings (SSSR count). The summed E-state index contributed by atoms with van der Waals surface area (Å²) in [4.78, 5) is 34.0. The zero-order valence-corrected chi connectivity index (χ0v) is 18.0. The second-order valence-electron chi connectivity index (χ2n) is 7.90. The fraction of sp³-hybridized carbons (Fsp3) is 0.455. The van der Waals surface area contributed by atoms with Crippen LogP contribution in [0.5, 0.6) is 0 Å². The largest absolute Gasteiger partial charge is 0.507 e. The summed E-state index contributed by atoms with van der Waals surface area (Å²) in [5, 5.41) is 15.6. The van der Waals surface area contributed by atoms with Crippen LogP contribution in [-0.2, 0) is 21.4 Å². The van der Waals surface area contributed by atoms with Crippen molar-refractivity contribution in [2.24, 2.45) is 7.05 Å². The summed E-state index contributed by atoms with van der Waals surface area (Å²) in [6.45, 7) is 7.50. The number of carbonyl (C=O) groups is 2. The van der Waals surface area contributed by atoms with Gasteiger partial charge in [0.15, 0.2) is 0 Å². The maximum absolute atomic E-state index is 13.1. The molecule has 0 aliphatic carbocycles. The minimum Gasteiger partial charge on any atom is -0.507 e. The first-order valence-electron chi connectivity index (χ1n) is 10.4. The number of hydrogen-bond donors (Lipinski definition) is 1. The highest BCUT2D eigenvalue weighted by atomic mass is 16.5. The number of rotatable bonds is 5. The fourth-order valence-electron chi connectivity index (χ4n) is 4.33. The summed E-state index contributed by atoms with van der Waals surface area (Å²) in [6, 6.07) is 2.87. The van der Waals surface area contributed by atoms with Crippen molar-refractivity contribution in [1.29, 1.82) is 0 Å². The van der Waals surface area contributed by atoms with Crippen molar-refractivity contribution < 1.29 is 19.4 Å². The number of aromatic nitrogens is 3. The molecule has 4 heterocycles. The van der Waals surface area contributed by atoms with E-state index in [1.807, 2.05) is 6.92 Å². The summed E-state index contributed by atoms with van der Waals surface area (Å²) < 4.78 is 7.04. The van der Waals surface area contributed by atoms with Gasteiger partial charge in [-0.25, -0.2) is 0 Å². The van der Waals surface area contributed by atoms with Gasteiger partial charge in [-0.3, -0.25) is 24.2 Å². The number of likely N-dealkylation sites (tertiary alicyclic amines) is 1. The van der Waals surface area contributed by atoms with Gasteiger partial charge in [0.05, 0.1) is 36.1 Å². The third-order valence-corrected chi connectivity index (χ3v) is 6.07. The number of ether oxygens (including phenoxy) is 1. The average molecular weight is 425 g/mol. The number of carbonyl (C=O) groups excluding carboxylic acids is 2. The van der Waals surface area contributed by atoms with Crippen LogP contribution >= 0.6 is 0 Å². The third-order valence-electron chi connectivity index (χ3n) is 6.07. The van der Waals surface area contributed by atoms with Crippen LogP contribution in [0, 0.1) is 13.8 Å². The molecule has 0 radical (unpaired) electrons. The van der Waals surface area contributed by atoms with E-state index in [9.17, 15) is 14.7 Å². The van der Waals surface area contributed by atoms with Crippen LogP contribution in [0.15, 0.2) is 30.1 Å². The van der Waals surface area contributed by atoms with Gasteiger partial charge >= 0.3 is 0 Å². The number of ketones is 1. The highest BCUT2D eigenvalue weighted by molar-refractivity contribution is 6.46. The van der Waals surface area contributed by atoms with Crippen LogP contribution in [0.3, 0.4) is 0 Å². The predicted molar refractivity (Wildman–Crippen MR) is 113 cm³/mol. The smallest absolute Gasteiger partial charge is 0.295 e. The number of nitrogens with zero attached hydrogens (tertiary/aromatic N) is 5. The molecule has 2 aliphatic rings. The summed E-state index contributed by atoms with van der Waals surface area (Å²) in [7, 11) is 1.78. The number of morpholine rings is 1. The first-order chi connectivity index (χ1) is 14.9. The zero-order valence-electron chi connectivity index (χ0n) is 18.0. The van der Waals surface area contributed by atoms with Gasteiger partial charge in [-0.15, -0.1) is 0 Å². The molecular formula is C22H27N5O4. The van der Waals surface area contributed by atoms with Gasteiger partial charge in [0.1, 0.15) is 5.76 Å². The van der Waals surface area contributed by atoms with E-state index in [1.54, 1.807) is 48.1 Å². The van der Waals surface area contributed by atoms with Gasteiger partial charge in [0.25, 0.3) is 11.7 Å². The Morgan fingerprint density at radius 3 is 2.45 bits per heavy atom.